The Balaban J connectivity index is 1.93. The number of carboxylic acids is 1. The van der Waals surface area contributed by atoms with Crippen LogP contribution < -0.4 is 0 Å². The summed E-state index contributed by atoms with van der Waals surface area (Å²) in [4.78, 5) is 11.3. The normalized spacial score (nSPS) is 17.8. The monoisotopic (exact) mass is 275 g/mol. The third-order valence-electron chi connectivity index (χ3n) is 3.59. The third-order valence-corrected chi connectivity index (χ3v) is 3.59. The molecule has 2 heterocycles. The first-order chi connectivity index (χ1) is 9.65. The number of rotatable bonds is 3. The number of aliphatic carboxylic acids is 1. The maximum absolute atomic E-state index is 12.9. The van der Waals surface area contributed by atoms with Crippen molar-refractivity contribution in [3.8, 4) is 0 Å². The molecular formula is C14H14FN3O2. The lowest BCUT2D eigenvalue weighted by Gasteiger charge is -2.22. The standard InChI is InChI=1S/C14H14FN3O2/c15-10-6-4-9(5-7-10)8-13-17-16-12-3-1-2-11(14(19)20)18(12)13/h4-7,11H,1-3,8H2,(H,19,20). The fourth-order valence-corrected chi connectivity index (χ4v) is 2.61. The van der Waals surface area contributed by atoms with Crippen molar-refractivity contribution in [3.63, 3.8) is 0 Å². The van der Waals surface area contributed by atoms with E-state index in [1.807, 2.05) is 0 Å². The molecule has 0 saturated heterocycles. The average molecular weight is 275 g/mol. The summed E-state index contributed by atoms with van der Waals surface area (Å²) in [5.41, 5.74) is 0.885. The molecule has 20 heavy (non-hydrogen) atoms. The molecule has 0 amide bonds. The van der Waals surface area contributed by atoms with Gasteiger partial charge in [0.1, 0.15) is 23.5 Å². The highest BCUT2D eigenvalue weighted by molar-refractivity contribution is 5.72. The molecule has 5 nitrogen and oxygen atoms in total. The first-order valence-electron chi connectivity index (χ1n) is 6.55. The lowest BCUT2D eigenvalue weighted by Crippen LogP contribution is -2.26. The number of hydrogen-bond donors (Lipinski definition) is 1. The largest absolute Gasteiger partial charge is 0.480 e. The van der Waals surface area contributed by atoms with Gasteiger partial charge < -0.3 is 9.67 Å². The molecular weight excluding hydrogens is 261 g/mol. The van der Waals surface area contributed by atoms with E-state index in [0.29, 0.717) is 18.7 Å². The smallest absolute Gasteiger partial charge is 0.326 e. The molecule has 0 radical (unpaired) electrons. The molecule has 1 aromatic heterocycles. The molecule has 1 aliphatic heterocycles. The number of hydrogen-bond acceptors (Lipinski definition) is 3. The molecule has 0 fully saturated rings. The molecule has 0 bridgehead atoms. The van der Waals surface area contributed by atoms with E-state index in [4.69, 9.17) is 0 Å². The van der Waals surface area contributed by atoms with Gasteiger partial charge in [0.25, 0.3) is 0 Å². The van der Waals surface area contributed by atoms with E-state index in [1.165, 1.54) is 12.1 Å². The summed E-state index contributed by atoms with van der Waals surface area (Å²) in [6.07, 6.45) is 2.61. The second-order valence-corrected chi connectivity index (χ2v) is 4.95. The molecule has 3 rings (SSSR count). The Labute approximate surface area is 115 Å². The lowest BCUT2D eigenvalue weighted by molar-refractivity contribution is -0.141. The zero-order valence-corrected chi connectivity index (χ0v) is 10.8. The second kappa shape index (κ2) is 5.03. The molecule has 0 saturated carbocycles. The van der Waals surface area contributed by atoms with Crippen molar-refractivity contribution in [2.45, 2.75) is 31.7 Å². The first kappa shape index (κ1) is 12.8. The van der Waals surface area contributed by atoms with Gasteiger partial charge in [0, 0.05) is 12.8 Å². The Kier molecular flexibility index (Phi) is 3.22. The van der Waals surface area contributed by atoms with Crippen molar-refractivity contribution in [2.24, 2.45) is 0 Å². The molecule has 2 aromatic rings. The van der Waals surface area contributed by atoms with Gasteiger partial charge >= 0.3 is 5.97 Å². The number of carbonyl (C=O) groups is 1. The van der Waals surface area contributed by atoms with Gasteiger partial charge in [0.15, 0.2) is 0 Å². The van der Waals surface area contributed by atoms with Gasteiger partial charge in [0.2, 0.25) is 0 Å². The Morgan fingerprint density at radius 1 is 1.35 bits per heavy atom. The molecule has 0 spiro atoms. The van der Waals surface area contributed by atoms with E-state index in [0.717, 1.165) is 24.2 Å². The summed E-state index contributed by atoms with van der Waals surface area (Å²) in [5.74, 6) is 0.200. The minimum absolute atomic E-state index is 0.291. The van der Waals surface area contributed by atoms with Gasteiger partial charge in [-0.3, -0.25) is 0 Å². The summed E-state index contributed by atoms with van der Waals surface area (Å²) in [6, 6.07) is 5.53. The van der Waals surface area contributed by atoms with Crippen LogP contribution in [0.5, 0.6) is 0 Å². The van der Waals surface area contributed by atoms with Crippen LogP contribution in [0.25, 0.3) is 0 Å². The minimum atomic E-state index is -0.855. The topological polar surface area (TPSA) is 68.0 Å². The number of carboxylic acid groups (broad SMARTS) is 1. The van der Waals surface area contributed by atoms with Crippen molar-refractivity contribution in [1.29, 1.82) is 0 Å². The maximum atomic E-state index is 12.9. The summed E-state index contributed by atoms with van der Waals surface area (Å²) in [7, 11) is 0. The Morgan fingerprint density at radius 2 is 2.10 bits per heavy atom. The number of aryl methyl sites for hydroxylation is 1. The van der Waals surface area contributed by atoms with Gasteiger partial charge in [-0.2, -0.15) is 0 Å². The number of aromatic nitrogens is 3. The number of benzene rings is 1. The fourth-order valence-electron chi connectivity index (χ4n) is 2.61. The van der Waals surface area contributed by atoms with E-state index >= 15 is 0 Å². The quantitative estimate of drug-likeness (QED) is 0.930. The van der Waals surface area contributed by atoms with Crippen LogP contribution in [0.3, 0.4) is 0 Å². The summed E-state index contributed by atoms with van der Waals surface area (Å²) >= 11 is 0. The zero-order chi connectivity index (χ0) is 14.1. The minimum Gasteiger partial charge on any atom is -0.480 e. The molecule has 1 atom stereocenters. The molecule has 6 heteroatoms. The zero-order valence-electron chi connectivity index (χ0n) is 10.8. The van der Waals surface area contributed by atoms with Gasteiger partial charge in [-0.25, -0.2) is 9.18 Å². The molecule has 1 aliphatic rings. The van der Waals surface area contributed by atoms with E-state index in [2.05, 4.69) is 10.2 Å². The summed E-state index contributed by atoms with van der Waals surface area (Å²) in [5, 5.41) is 17.5. The number of halogens is 1. The van der Waals surface area contributed by atoms with Gasteiger partial charge in [0.05, 0.1) is 0 Å². The van der Waals surface area contributed by atoms with Crippen LogP contribution in [0, 0.1) is 5.82 Å². The Hall–Kier alpha value is -2.24. The third kappa shape index (κ3) is 2.29. The van der Waals surface area contributed by atoms with Crippen LogP contribution in [-0.4, -0.2) is 25.8 Å². The van der Waals surface area contributed by atoms with Gasteiger partial charge in [-0.05, 0) is 30.5 Å². The van der Waals surface area contributed by atoms with Gasteiger partial charge in [-0.1, -0.05) is 12.1 Å². The Morgan fingerprint density at radius 3 is 2.80 bits per heavy atom. The van der Waals surface area contributed by atoms with E-state index < -0.39 is 12.0 Å². The van der Waals surface area contributed by atoms with Crippen LogP contribution in [-0.2, 0) is 17.6 Å². The molecule has 1 N–H and O–H groups in total. The highest BCUT2D eigenvalue weighted by Crippen LogP contribution is 2.26. The maximum Gasteiger partial charge on any atom is 0.326 e. The van der Waals surface area contributed by atoms with Crippen molar-refractivity contribution in [3.05, 3.63) is 47.3 Å². The van der Waals surface area contributed by atoms with Crippen molar-refractivity contribution in [2.75, 3.05) is 0 Å². The van der Waals surface area contributed by atoms with E-state index in [1.54, 1.807) is 16.7 Å². The predicted molar refractivity (Wildman–Crippen MR) is 68.8 cm³/mol. The lowest BCUT2D eigenvalue weighted by atomic mass is 10.0. The highest BCUT2D eigenvalue weighted by Gasteiger charge is 2.29. The fraction of sp³-hybridized carbons (Fsp3) is 0.357. The highest BCUT2D eigenvalue weighted by atomic mass is 19.1. The van der Waals surface area contributed by atoms with Crippen LogP contribution >= 0.6 is 0 Å². The van der Waals surface area contributed by atoms with E-state index in [9.17, 15) is 14.3 Å². The number of nitrogens with zero attached hydrogens (tertiary/aromatic N) is 3. The average Bonchev–Trinajstić information content (AvgIpc) is 2.84. The number of fused-ring (bicyclic) bond motifs is 1. The molecule has 0 aliphatic carbocycles. The van der Waals surface area contributed by atoms with Crippen LogP contribution in [0.15, 0.2) is 24.3 Å². The SMILES string of the molecule is O=C(O)C1CCCc2nnc(Cc3ccc(F)cc3)n21. The van der Waals surface area contributed by atoms with Crippen molar-refractivity contribution in [1.82, 2.24) is 14.8 Å². The second-order valence-electron chi connectivity index (χ2n) is 4.95. The molecule has 1 unspecified atom stereocenters. The summed E-state index contributed by atoms with van der Waals surface area (Å²) in [6.45, 7) is 0. The van der Waals surface area contributed by atoms with E-state index in [-0.39, 0.29) is 5.82 Å². The van der Waals surface area contributed by atoms with Crippen LogP contribution in [0.1, 0.15) is 36.1 Å². The first-order valence-corrected chi connectivity index (χ1v) is 6.55. The van der Waals surface area contributed by atoms with Gasteiger partial charge in [-0.15, -0.1) is 10.2 Å². The van der Waals surface area contributed by atoms with Crippen molar-refractivity contribution >= 4 is 5.97 Å². The Bertz CT molecular complexity index is 636. The van der Waals surface area contributed by atoms with Crippen LogP contribution in [0.2, 0.25) is 0 Å². The summed E-state index contributed by atoms with van der Waals surface area (Å²) < 4.78 is 14.6. The predicted octanol–water partition coefficient (Wildman–Crippen LogP) is 1.97. The molecule has 104 valence electrons. The van der Waals surface area contributed by atoms with Crippen molar-refractivity contribution < 1.29 is 14.3 Å². The van der Waals surface area contributed by atoms with Crippen LogP contribution in [0.4, 0.5) is 4.39 Å². The molecule has 1 aromatic carbocycles.